The van der Waals surface area contributed by atoms with Gasteiger partial charge in [0.1, 0.15) is 0 Å². The molecule has 0 saturated heterocycles. The first-order chi connectivity index (χ1) is 20.3. The summed E-state index contributed by atoms with van der Waals surface area (Å²) in [7, 11) is 1.48. The Balaban J connectivity index is 1.25. The molecular formula is C38H55NO4. The number of benzene rings is 1. The largest absolute Gasteiger partial charge is 0.478 e. The van der Waals surface area contributed by atoms with Crippen molar-refractivity contribution in [3.8, 4) is 0 Å². The van der Waals surface area contributed by atoms with Crippen molar-refractivity contribution >= 4 is 17.5 Å². The zero-order valence-electron chi connectivity index (χ0n) is 27.6. The molecule has 5 aliphatic carbocycles. The number of rotatable bonds is 7. The number of carbonyl (C=O) groups excluding carboxylic acids is 1. The molecule has 5 aliphatic rings. The van der Waals surface area contributed by atoms with Gasteiger partial charge in [0.2, 0.25) is 0 Å². The number of hydrogen-bond donors (Lipinski definition) is 2. The second-order valence-electron chi connectivity index (χ2n) is 16.5. The Hall–Kier alpha value is -2.14. The predicted octanol–water partition coefficient (Wildman–Crippen LogP) is 8.39. The highest BCUT2D eigenvalue weighted by Crippen LogP contribution is 2.77. The fourth-order valence-corrected chi connectivity index (χ4v) is 12.5. The molecule has 2 N–H and O–H groups in total. The quantitative estimate of drug-likeness (QED) is 0.247. The van der Waals surface area contributed by atoms with Crippen LogP contribution < -0.4 is 5.32 Å². The van der Waals surface area contributed by atoms with Gasteiger partial charge in [-0.1, -0.05) is 59.2 Å². The molecule has 0 heterocycles. The number of aromatic carboxylic acids is 1. The monoisotopic (exact) mass is 589 g/mol. The van der Waals surface area contributed by atoms with Gasteiger partial charge in [-0.2, -0.15) is 0 Å². The Bertz CT molecular complexity index is 1280. The molecule has 0 aromatic heterocycles. The van der Waals surface area contributed by atoms with Gasteiger partial charge in [-0.3, -0.25) is 4.79 Å². The highest BCUT2D eigenvalue weighted by molar-refractivity contribution is 5.88. The summed E-state index contributed by atoms with van der Waals surface area (Å²) in [5.74, 6) is 1.94. The van der Waals surface area contributed by atoms with Gasteiger partial charge in [-0.25, -0.2) is 4.79 Å². The van der Waals surface area contributed by atoms with Crippen LogP contribution in [0.1, 0.15) is 121 Å². The number of carboxylic acid groups (broad SMARTS) is 1. The second-order valence-corrected chi connectivity index (χ2v) is 16.5. The highest BCUT2D eigenvalue weighted by atomic mass is 16.5. The molecule has 4 saturated carbocycles. The molecular weight excluding hydrogens is 534 g/mol. The minimum atomic E-state index is -0.862. The summed E-state index contributed by atoms with van der Waals surface area (Å²) in [6.07, 6.45) is 16.1. The minimum absolute atomic E-state index is 0.0415. The molecule has 0 radical (unpaired) electrons. The molecule has 5 heteroatoms. The van der Waals surface area contributed by atoms with Gasteiger partial charge >= 0.3 is 11.9 Å². The van der Waals surface area contributed by atoms with Crippen molar-refractivity contribution in [2.24, 2.45) is 50.7 Å². The van der Waals surface area contributed by atoms with Crippen LogP contribution in [0.3, 0.4) is 0 Å². The van der Waals surface area contributed by atoms with Gasteiger partial charge in [-0.05, 0) is 132 Å². The fraction of sp³-hybridized carbons (Fsp3) is 0.737. The third kappa shape index (κ3) is 4.57. The topological polar surface area (TPSA) is 75.6 Å². The van der Waals surface area contributed by atoms with Crippen LogP contribution in [0, 0.1) is 50.7 Å². The molecule has 236 valence electrons. The van der Waals surface area contributed by atoms with E-state index in [1.807, 2.05) is 12.1 Å². The maximum absolute atomic E-state index is 11.7. The van der Waals surface area contributed by atoms with Crippen LogP contribution in [0.5, 0.6) is 0 Å². The first kappa shape index (κ1) is 30.9. The number of methoxy groups -OCH3 is 1. The molecule has 5 nitrogen and oxygen atoms in total. The van der Waals surface area contributed by atoms with E-state index in [2.05, 4.69) is 46.0 Å². The van der Waals surface area contributed by atoms with Gasteiger partial charge in [0.15, 0.2) is 0 Å². The van der Waals surface area contributed by atoms with Gasteiger partial charge in [0, 0.05) is 13.1 Å². The molecule has 0 aliphatic heterocycles. The Labute approximate surface area is 259 Å². The summed E-state index contributed by atoms with van der Waals surface area (Å²) < 4.78 is 4.87. The minimum Gasteiger partial charge on any atom is -0.478 e. The number of carbonyl (C=O) groups is 2. The fourth-order valence-electron chi connectivity index (χ4n) is 12.5. The molecule has 0 bridgehead atoms. The number of carboxylic acids is 1. The lowest BCUT2D eigenvalue weighted by atomic mass is 9.32. The zero-order chi connectivity index (χ0) is 30.8. The van der Waals surface area contributed by atoms with Gasteiger partial charge < -0.3 is 15.2 Å². The number of nitrogens with one attached hydrogen (secondary N) is 1. The molecule has 8 atom stereocenters. The highest BCUT2D eigenvalue weighted by Gasteiger charge is 2.69. The molecule has 1 aromatic carbocycles. The van der Waals surface area contributed by atoms with E-state index in [1.165, 1.54) is 76.0 Å². The summed E-state index contributed by atoms with van der Waals surface area (Å²) in [5, 5.41) is 13.1. The lowest BCUT2D eigenvalue weighted by Gasteiger charge is -2.72. The molecule has 6 rings (SSSR count). The Morgan fingerprint density at radius 1 is 0.884 bits per heavy atom. The Morgan fingerprint density at radius 3 is 2.33 bits per heavy atom. The van der Waals surface area contributed by atoms with Crippen LogP contribution in [-0.2, 0) is 9.53 Å². The summed E-state index contributed by atoms with van der Waals surface area (Å²) in [4.78, 5) is 23.2. The van der Waals surface area contributed by atoms with Crippen LogP contribution in [0.2, 0.25) is 0 Å². The Kier molecular flexibility index (Phi) is 7.71. The smallest absolute Gasteiger partial charge is 0.335 e. The number of esters is 1. The predicted molar refractivity (Wildman–Crippen MR) is 172 cm³/mol. The third-order valence-corrected chi connectivity index (χ3v) is 14.8. The van der Waals surface area contributed by atoms with E-state index in [4.69, 9.17) is 4.74 Å². The van der Waals surface area contributed by atoms with E-state index in [1.54, 1.807) is 12.1 Å². The van der Waals surface area contributed by atoms with Crippen molar-refractivity contribution in [1.29, 1.82) is 0 Å². The summed E-state index contributed by atoms with van der Waals surface area (Å²) in [6, 6.07) is 7.59. The molecule has 4 fully saturated rings. The van der Waals surface area contributed by atoms with E-state index in [-0.39, 0.29) is 16.8 Å². The average molecular weight is 590 g/mol. The standard InChI is InChI=1S/C38H55NO4/c1-34(2)27(25-9-11-26(12-10-25)33(41)42)15-19-35(3)30(34)16-20-37(5)31(35)14-13-28-29-8-7-18-38(29,22-21-36(28,37)4)24-39-23-17-32(40)43-6/h9-12,15,28-31,39H,7-8,13-14,16-24H2,1-6H3,(H,41,42)/t28?,29?,30?,31?,35?,36-,37?,38?/m1/s1. The molecule has 0 amide bonds. The summed E-state index contributed by atoms with van der Waals surface area (Å²) in [5.41, 5.74) is 4.37. The van der Waals surface area contributed by atoms with Crippen molar-refractivity contribution in [1.82, 2.24) is 5.32 Å². The van der Waals surface area contributed by atoms with Gasteiger partial charge in [0.25, 0.3) is 0 Å². The van der Waals surface area contributed by atoms with E-state index in [0.717, 1.165) is 37.3 Å². The van der Waals surface area contributed by atoms with Crippen LogP contribution in [0.25, 0.3) is 5.57 Å². The van der Waals surface area contributed by atoms with Crippen LogP contribution in [-0.4, -0.2) is 37.2 Å². The second kappa shape index (κ2) is 10.7. The number of ether oxygens (including phenoxy) is 1. The first-order valence-electron chi connectivity index (χ1n) is 17.1. The van der Waals surface area contributed by atoms with E-state index in [9.17, 15) is 14.7 Å². The number of hydrogen-bond acceptors (Lipinski definition) is 4. The van der Waals surface area contributed by atoms with Crippen molar-refractivity contribution in [3.63, 3.8) is 0 Å². The average Bonchev–Trinajstić information content (AvgIpc) is 3.39. The van der Waals surface area contributed by atoms with Crippen molar-refractivity contribution < 1.29 is 19.4 Å². The van der Waals surface area contributed by atoms with Crippen LogP contribution >= 0.6 is 0 Å². The first-order valence-corrected chi connectivity index (χ1v) is 17.1. The third-order valence-electron chi connectivity index (χ3n) is 14.8. The van der Waals surface area contributed by atoms with Crippen LogP contribution in [0.4, 0.5) is 0 Å². The maximum Gasteiger partial charge on any atom is 0.335 e. The molecule has 0 spiro atoms. The Morgan fingerprint density at radius 2 is 1.63 bits per heavy atom. The van der Waals surface area contributed by atoms with Crippen molar-refractivity contribution in [2.45, 2.75) is 105 Å². The maximum atomic E-state index is 11.7. The summed E-state index contributed by atoms with van der Waals surface area (Å²) in [6.45, 7) is 14.7. The number of fused-ring (bicyclic) bond motifs is 7. The van der Waals surface area contributed by atoms with Crippen LogP contribution in [0.15, 0.2) is 30.3 Å². The van der Waals surface area contributed by atoms with E-state index in [0.29, 0.717) is 34.1 Å². The lowest BCUT2D eigenvalue weighted by molar-refractivity contribution is -0.222. The zero-order valence-corrected chi connectivity index (χ0v) is 27.6. The SMILES string of the molecule is COC(=O)CCNCC12CCCC1C1CCC3C4(C)CC=C(c5ccc(C(=O)O)cc5)C(C)(C)C4CCC3(C)[C@]1(C)CC2. The normalized spacial score (nSPS) is 41.2. The molecule has 7 unspecified atom stereocenters. The van der Waals surface area contributed by atoms with Crippen molar-refractivity contribution in [3.05, 3.63) is 41.5 Å². The van der Waals surface area contributed by atoms with Crippen molar-refractivity contribution in [2.75, 3.05) is 20.2 Å². The molecule has 1 aromatic rings. The van der Waals surface area contributed by atoms with Gasteiger partial charge in [0.05, 0.1) is 19.1 Å². The van der Waals surface area contributed by atoms with E-state index >= 15 is 0 Å². The number of allylic oxidation sites excluding steroid dienone is 2. The van der Waals surface area contributed by atoms with Gasteiger partial charge in [-0.15, -0.1) is 0 Å². The van der Waals surface area contributed by atoms with E-state index < -0.39 is 5.97 Å². The lowest BCUT2D eigenvalue weighted by Crippen LogP contribution is -2.65. The molecule has 43 heavy (non-hydrogen) atoms. The summed E-state index contributed by atoms with van der Waals surface area (Å²) >= 11 is 0.